The molecule has 5 heteroatoms. The first-order valence-electron chi connectivity index (χ1n) is 6.76. The lowest BCUT2D eigenvalue weighted by Crippen LogP contribution is -2.37. The minimum absolute atomic E-state index is 0.357. The fourth-order valence-electron chi connectivity index (χ4n) is 2.55. The first-order chi connectivity index (χ1) is 9.01. The SMILES string of the molecule is COC1(c2noc(CCC#N)n2)CCC(C)(C)CC1. The van der Waals surface area contributed by atoms with Crippen LogP contribution >= 0.6 is 0 Å². The van der Waals surface area contributed by atoms with Crippen molar-refractivity contribution in [2.45, 2.75) is 58.0 Å². The van der Waals surface area contributed by atoms with Crippen molar-refractivity contribution >= 4 is 0 Å². The van der Waals surface area contributed by atoms with Crippen molar-refractivity contribution in [3.63, 3.8) is 0 Å². The van der Waals surface area contributed by atoms with Gasteiger partial charge in [-0.05, 0) is 31.1 Å². The third kappa shape index (κ3) is 2.95. The van der Waals surface area contributed by atoms with Crippen molar-refractivity contribution in [3.05, 3.63) is 11.7 Å². The largest absolute Gasteiger partial charge is 0.370 e. The molecular formula is C14H21N3O2. The number of nitrogens with zero attached hydrogens (tertiary/aromatic N) is 3. The summed E-state index contributed by atoms with van der Waals surface area (Å²) in [5.41, 5.74) is -0.0562. The average Bonchev–Trinajstić information content (AvgIpc) is 2.86. The molecule has 1 saturated carbocycles. The topological polar surface area (TPSA) is 71.9 Å². The molecule has 0 unspecified atom stereocenters. The zero-order valence-corrected chi connectivity index (χ0v) is 11.9. The Bertz CT molecular complexity index is 463. The minimum atomic E-state index is -0.413. The second-order valence-corrected chi connectivity index (χ2v) is 6.03. The van der Waals surface area contributed by atoms with E-state index < -0.39 is 5.60 Å². The summed E-state index contributed by atoms with van der Waals surface area (Å²) in [4.78, 5) is 4.41. The molecule has 0 spiro atoms. The molecule has 0 radical (unpaired) electrons. The number of nitriles is 1. The zero-order valence-electron chi connectivity index (χ0n) is 11.9. The molecule has 0 bridgehead atoms. The first kappa shape index (κ1) is 14.0. The van der Waals surface area contributed by atoms with Gasteiger partial charge >= 0.3 is 0 Å². The Balaban J connectivity index is 2.14. The highest BCUT2D eigenvalue weighted by molar-refractivity contribution is 5.05. The molecule has 104 valence electrons. The van der Waals surface area contributed by atoms with Gasteiger partial charge in [-0.1, -0.05) is 19.0 Å². The summed E-state index contributed by atoms with van der Waals surface area (Å²) >= 11 is 0. The third-order valence-corrected chi connectivity index (χ3v) is 4.13. The van der Waals surface area contributed by atoms with Gasteiger partial charge in [0, 0.05) is 20.0 Å². The summed E-state index contributed by atoms with van der Waals surface area (Å²) in [6.07, 6.45) is 4.90. The summed E-state index contributed by atoms with van der Waals surface area (Å²) in [7, 11) is 1.71. The van der Waals surface area contributed by atoms with Gasteiger partial charge in [-0.2, -0.15) is 10.2 Å². The van der Waals surface area contributed by atoms with Gasteiger partial charge in [-0.15, -0.1) is 0 Å². The van der Waals surface area contributed by atoms with Crippen molar-refractivity contribution in [2.75, 3.05) is 7.11 Å². The molecule has 0 aliphatic heterocycles. The molecule has 2 rings (SSSR count). The lowest BCUT2D eigenvalue weighted by atomic mass is 9.70. The van der Waals surface area contributed by atoms with Crippen LogP contribution in [0.25, 0.3) is 0 Å². The van der Waals surface area contributed by atoms with E-state index in [1.54, 1.807) is 7.11 Å². The van der Waals surface area contributed by atoms with E-state index >= 15 is 0 Å². The van der Waals surface area contributed by atoms with Crippen LogP contribution < -0.4 is 0 Å². The van der Waals surface area contributed by atoms with E-state index in [9.17, 15) is 0 Å². The Kier molecular flexibility index (Phi) is 3.91. The van der Waals surface area contributed by atoms with Gasteiger partial charge < -0.3 is 9.26 Å². The molecule has 1 aromatic rings. The predicted octanol–water partition coefficient (Wildman–Crippen LogP) is 2.97. The number of hydrogen-bond donors (Lipinski definition) is 0. The lowest BCUT2D eigenvalue weighted by molar-refractivity contribution is -0.0740. The van der Waals surface area contributed by atoms with Crippen LogP contribution in [-0.4, -0.2) is 17.3 Å². The van der Waals surface area contributed by atoms with E-state index in [2.05, 4.69) is 30.1 Å². The number of methoxy groups -OCH3 is 1. The van der Waals surface area contributed by atoms with Crippen LogP contribution in [0.4, 0.5) is 0 Å². The van der Waals surface area contributed by atoms with Gasteiger partial charge in [0.2, 0.25) is 11.7 Å². The number of ether oxygens (including phenoxy) is 1. The van der Waals surface area contributed by atoms with Gasteiger partial charge in [0.1, 0.15) is 5.60 Å². The molecule has 0 saturated heterocycles. The summed E-state index contributed by atoms with van der Waals surface area (Å²) in [6, 6.07) is 2.08. The molecule has 1 fully saturated rings. The molecule has 1 aromatic heterocycles. The summed E-state index contributed by atoms with van der Waals surface area (Å²) in [5.74, 6) is 1.16. The quantitative estimate of drug-likeness (QED) is 0.835. The van der Waals surface area contributed by atoms with Crippen molar-refractivity contribution < 1.29 is 9.26 Å². The number of hydrogen-bond acceptors (Lipinski definition) is 5. The van der Waals surface area contributed by atoms with Crippen LogP contribution in [0.2, 0.25) is 0 Å². The number of aromatic nitrogens is 2. The molecule has 0 aromatic carbocycles. The fraction of sp³-hybridized carbons (Fsp3) is 0.786. The molecular weight excluding hydrogens is 242 g/mol. The smallest absolute Gasteiger partial charge is 0.227 e. The first-order valence-corrected chi connectivity index (χ1v) is 6.76. The van der Waals surface area contributed by atoms with Crippen LogP contribution in [-0.2, 0) is 16.8 Å². The van der Waals surface area contributed by atoms with E-state index in [1.807, 2.05) is 0 Å². The maximum atomic E-state index is 8.57. The van der Waals surface area contributed by atoms with Crippen LogP contribution in [0.15, 0.2) is 4.52 Å². The van der Waals surface area contributed by atoms with Crippen LogP contribution in [0, 0.1) is 16.7 Å². The zero-order chi connectivity index (χ0) is 13.9. The molecule has 1 heterocycles. The average molecular weight is 263 g/mol. The number of rotatable bonds is 4. The highest BCUT2D eigenvalue weighted by Crippen LogP contribution is 2.46. The van der Waals surface area contributed by atoms with Crippen LogP contribution in [0.3, 0.4) is 0 Å². The summed E-state index contributed by atoms with van der Waals surface area (Å²) in [5, 5.41) is 12.6. The molecule has 1 aliphatic rings. The van der Waals surface area contributed by atoms with E-state index in [1.165, 1.54) is 0 Å². The lowest BCUT2D eigenvalue weighted by Gasteiger charge is -2.40. The normalized spacial score (nSPS) is 20.9. The molecule has 1 aliphatic carbocycles. The van der Waals surface area contributed by atoms with Crippen molar-refractivity contribution in [3.8, 4) is 6.07 Å². The summed E-state index contributed by atoms with van der Waals surface area (Å²) < 4.78 is 10.9. The van der Waals surface area contributed by atoms with E-state index in [4.69, 9.17) is 14.5 Å². The van der Waals surface area contributed by atoms with Crippen LogP contribution in [0.5, 0.6) is 0 Å². The Morgan fingerprint density at radius 1 is 1.32 bits per heavy atom. The predicted molar refractivity (Wildman–Crippen MR) is 69.2 cm³/mol. The van der Waals surface area contributed by atoms with Crippen molar-refractivity contribution in [1.29, 1.82) is 5.26 Å². The molecule has 0 amide bonds. The second kappa shape index (κ2) is 5.30. The Labute approximate surface area is 113 Å². The molecule has 0 atom stereocenters. The molecule has 5 nitrogen and oxygen atoms in total. The van der Waals surface area contributed by atoms with Crippen LogP contribution in [0.1, 0.15) is 57.7 Å². The van der Waals surface area contributed by atoms with Gasteiger partial charge in [0.25, 0.3) is 0 Å². The summed E-state index contributed by atoms with van der Waals surface area (Å²) in [6.45, 7) is 4.56. The molecule has 0 N–H and O–H groups in total. The van der Waals surface area contributed by atoms with Crippen molar-refractivity contribution in [2.24, 2.45) is 5.41 Å². The molecule has 19 heavy (non-hydrogen) atoms. The highest BCUT2D eigenvalue weighted by atomic mass is 16.5. The van der Waals surface area contributed by atoms with E-state index in [0.717, 1.165) is 25.7 Å². The van der Waals surface area contributed by atoms with Gasteiger partial charge in [0.15, 0.2) is 0 Å². The second-order valence-electron chi connectivity index (χ2n) is 6.03. The van der Waals surface area contributed by atoms with Crippen molar-refractivity contribution in [1.82, 2.24) is 10.1 Å². The maximum absolute atomic E-state index is 8.57. The Hall–Kier alpha value is -1.41. The minimum Gasteiger partial charge on any atom is -0.370 e. The van der Waals surface area contributed by atoms with E-state index in [-0.39, 0.29) is 0 Å². The third-order valence-electron chi connectivity index (χ3n) is 4.13. The van der Waals surface area contributed by atoms with E-state index in [0.29, 0.717) is 30.0 Å². The Morgan fingerprint density at radius 3 is 2.58 bits per heavy atom. The maximum Gasteiger partial charge on any atom is 0.227 e. The monoisotopic (exact) mass is 263 g/mol. The fourth-order valence-corrected chi connectivity index (χ4v) is 2.55. The number of aryl methyl sites for hydroxylation is 1. The standard InChI is InChI=1S/C14H21N3O2/c1-13(2)6-8-14(18-3,9-7-13)12-16-11(19-17-12)5-4-10-15/h4-9H2,1-3H3. The van der Waals surface area contributed by atoms with Gasteiger partial charge in [-0.3, -0.25) is 0 Å². The highest BCUT2D eigenvalue weighted by Gasteiger charge is 2.43. The Morgan fingerprint density at radius 2 is 2.00 bits per heavy atom. The van der Waals surface area contributed by atoms with Gasteiger partial charge in [0.05, 0.1) is 6.07 Å². The van der Waals surface area contributed by atoms with Gasteiger partial charge in [-0.25, -0.2) is 0 Å².